The Kier molecular flexibility index (Phi) is 4.89. The number of ether oxygens (including phenoxy) is 2. The molecular weight excluding hydrogens is 330 g/mol. The summed E-state index contributed by atoms with van der Waals surface area (Å²) in [6.45, 7) is 1.57. The molecule has 2 aliphatic heterocycles. The van der Waals surface area contributed by atoms with Crippen molar-refractivity contribution in [2.24, 2.45) is 0 Å². The van der Waals surface area contributed by atoms with E-state index in [9.17, 15) is 14.4 Å². The van der Waals surface area contributed by atoms with E-state index < -0.39 is 0 Å². The average Bonchev–Trinajstić information content (AvgIpc) is 2.58. The number of rotatable bonds is 6. The number of amides is 1. The zero-order chi connectivity index (χ0) is 17.1. The number of fused-ring (bicyclic) bond motifs is 1. The van der Waals surface area contributed by atoms with Gasteiger partial charge < -0.3 is 9.47 Å². The van der Waals surface area contributed by atoms with Crippen LogP contribution in [0.3, 0.4) is 0 Å². The van der Waals surface area contributed by atoms with Gasteiger partial charge in [-0.15, -0.1) is 11.8 Å². The molecular formula is C17H17NO5S. The first-order valence-corrected chi connectivity index (χ1v) is 8.65. The first kappa shape index (κ1) is 16.6. The molecule has 1 saturated heterocycles. The molecule has 0 N–H and O–H groups in total. The van der Waals surface area contributed by atoms with Gasteiger partial charge in [0.2, 0.25) is 11.7 Å². The summed E-state index contributed by atoms with van der Waals surface area (Å²) in [5.74, 6) is 0.293. The molecule has 0 spiro atoms. The van der Waals surface area contributed by atoms with Gasteiger partial charge in [0.1, 0.15) is 24.7 Å². The molecule has 6 nitrogen and oxygen atoms in total. The van der Waals surface area contributed by atoms with Crippen molar-refractivity contribution in [2.45, 2.75) is 18.7 Å². The van der Waals surface area contributed by atoms with Crippen LogP contribution in [0.5, 0.6) is 0 Å². The summed E-state index contributed by atoms with van der Waals surface area (Å²) < 4.78 is 10.5. The lowest BCUT2D eigenvalue weighted by molar-refractivity contribution is -0.142. The van der Waals surface area contributed by atoms with Crippen LogP contribution in [0.2, 0.25) is 0 Å². The van der Waals surface area contributed by atoms with Gasteiger partial charge in [-0.1, -0.05) is 30.3 Å². The van der Waals surface area contributed by atoms with Gasteiger partial charge in [0.15, 0.2) is 0 Å². The number of nitrogens with zero attached hydrogens (tertiary/aromatic N) is 1. The Balaban J connectivity index is 1.83. The minimum absolute atomic E-state index is 0.000909. The van der Waals surface area contributed by atoms with Crippen LogP contribution in [-0.2, 0) is 19.1 Å². The monoisotopic (exact) mass is 347 g/mol. The molecule has 0 aliphatic carbocycles. The maximum absolute atomic E-state index is 12.9. The van der Waals surface area contributed by atoms with Crippen molar-refractivity contribution in [3.63, 3.8) is 0 Å². The summed E-state index contributed by atoms with van der Waals surface area (Å²) >= 11 is 1.57. The standard InChI is InChI=1S/C17H17NO5S/c1-11(19)22-7-8-23-13-10-24-15-9-14(20)18(15)16(13)17(21)12-5-3-2-4-6-12/h2-6,15H,7-10H2,1H3/t15-/m0/s1. The fourth-order valence-electron chi connectivity index (χ4n) is 2.59. The van der Waals surface area contributed by atoms with Crippen molar-refractivity contribution in [3.05, 3.63) is 47.4 Å². The number of β-lactam (4-membered cyclic amide) rings is 1. The molecule has 0 radical (unpaired) electrons. The lowest BCUT2D eigenvalue weighted by atomic mass is 10.0. The summed E-state index contributed by atoms with van der Waals surface area (Å²) in [4.78, 5) is 37.2. The summed E-state index contributed by atoms with van der Waals surface area (Å²) in [5, 5.41) is 0.000909. The predicted octanol–water partition coefficient (Wildman–Crippen LogP) is 1.97. The first-order chi connectivity index (χ1) is 11.6. The largest absolute Gasteiger partial charge is 0.491 e. The third kappa shape index (κ3) is 3.31. The van der Waals surface area contributed by atoms with E-state index >= 15 is 0 Å². The topological polar surface area (TPSA) is 72.9 Å². The molecule has 1 aromatic rings. The number of hydrogen-bond acceptors (Lipinski definition) is 6. The molecule has 7 heteroatoms. The van der Waals surface area contributed by atoms with Gasteiger partial charge in [-0.25, -0.2) is 0 Å². The van der Waals surface area contributed by atoms with Crippen LogP contribution in [-0.4, -0.2) is 46.9 Å². The molecule has 0 unspecified atom stereocenters. The highest BCUT2D eigenvalue weighted by atomic mass is 32.2. The van der Waals surface area contributed by atoms with Crippen LogP contribution in [0, 0.1) is 0 Å². The Morgan fingerprint density at radius 1 is 1.25 bits per heavy atom. The van der Waals surface area contributed by atoms with Gasteiger partial charge in [0, 0.05) is 12.5 Å². The number of benzene rings is 1. The van der Waals surface area contributed by atoms with E-state index in [0.29, 0.717) is 29.2 Å². The van der Waals surface area contributed by atoms with E-state index in [2.05, 4.69) is 0 Å². The van der Waals surface area contributed by atoms with E-state index in [4.69, 9.17) is 9.47 Å². The zero-order valence-corrected chi connectivity index (χ0v) is 14.0. The predicted molar refractivity (Wildman–Crippen MR) is 88.1 cm³/mol. The number of Topliss-reactive ketones (excluding diaryl/α,β-unsaturated/α-hetero) is 1. The summed E-state index contributed by atoms with van der Waals surface area (Å²) in [6.07, 6.45) is 0.441. The van der Waals surface area contributed by atoms with Crippen LogP contribution < -0.4 is 0 Å². The molecule has 1 fully saturated rings. The van der Waals surface area contributed by atoms with E-state index in [1.54, 1.807) is 36.0 Å². The van der Waals surface area contributed by atoms with Crippen LogP contribution in [0.1, 0.15) is 23.7 Å². The highest BCUT2D eigenvalue weighted by Gasteiger charge is 2.46. The third-order valence-electron chi connectivity index (χ3n) is 3.73. The second kappa shape index (κ2) is 7.09. The Morgan fingerprint density at radius 3 is 2.67 bits per heavy atom. The van der Waals surface area contributed by atoms with E-state index in [-0.39, 0.29) is 36.2 Å². The molecule has 1 atom stereocenters. The average molecular weight is 347 g/mol. The van der Waals surface area contributed by atoms with Crippen molar-refractivity contribution in [1.82, 2.24) is 4.90 Å². The number of esters is 1. The minimum Gasteiger partial charge on any atom is -0.491 e. The smallest absolute Gasteiger partial charge is 0.302 e. The quantitative estimate of drug-likeness (QED) is 0.339. The van der Waals surface area contributed by atoms with Crippen LogP contribution in [0.4, 0.5) is 0 Å². The van der Waals surface area contributed by atoms with Crippen molar-refractivity contribution < 1.29 is 23.9 Å². The van der Waals surface area contributed by atoms with Gasteiger partial charge in [-0.2, -0.15) is 0 Å². The van der Waals surface area contributed by atoms with E-state index in [0.717, 1.165) is 0 Å². The van der Waals surface area contributed by atoms with Gasteiger partial charge in [-0.05, 0) is 0 Å². The Morgan fingerprint density at radius 2 is 2.00 bits per heavy atom. The normalized spacial score (nSPS) is 19.5. The van der Waals surface area contributed by atoms with Gasteiger partial charge in [0.25, 0.3) is 0 Å². The van der Waals surface area contributed by atoms with Gasteiger partial charge in [-0.3, -0.25) is 19.3 Å². The maximum atomic E-state index is 12.9. The summed E-state index contributed by atoms with van der Waals surface area (Å²) in [5.41, 5.74) is 0.822. The molecule has 0 aromatic heterocycles. The van der Waals surface area contributed by atoms with Crippen LogP contribution in [0.25, 0.3) is 0 Å². The fraction of sp³-hybridized carbons (Fsp3) is 0.353. The molecule has 2 aliphatic rings. The molecule has 0 saturated carbocycles. The van der Waals surface area contributed by atoms with Crippen LogP contribution in [0.15, 0.2) is 41.8 Å². The number of allylic oxidation sites excluding steroid dienone is 1. The second-order valence-corrected chi connectivity index (χ2v) is 6.56. The third-order valence-corrected chi connectivity index (χ3v) is 4.92. The summed E-state index contributed by atoms with van der Waals surface area (Å²) in [6, 6.07) is 8.82. The molecule has 1 amide bonds. The minimum atomic E-state index is -0.385. The Bertz CT molecular complexity index is 700. The van der Waals surface area contributed by atoms with E-state index in [1.165, 1.54) is 11.8 Å². The number of carbonyl (C=O) groups is 3. The molecule has 0 bridgehead atoms. The highest BCUT2D eigenvalue weighted by molar-refractivity contribution is 8.00. The molecule has 3 rings (SSSR count). The number of ketones is 1. The van der Waals surface area contributed by atoms with E-state index in [1.807, 2.05) is 6.07 Å². The summed E-state index contributed by atoms with van der Waals surface area (Å²) in [7, 11) is 0. The molecule has 2 heterocycles. The fourth-order valence-corrected chi connectivity index (χ4v) is 3.78. The van der Waals surface area contributed by atoms with Crippen molar-refractivity contribution in [1.29, 1.82) is 0 Å². The van der Waals surface area contributed by atoms with Crippen LogP contribution >= 0.6 is 11.8 Å². The van der Waals surface area contributed by atoms with Gasteiger partial charge >= 0.3 is 5.97 Å². The number of carbonyl (C=O) groups excluding carboxylic acids is 3. The van der Waals surface area contributed by atoms with Crippen molar-refractivity contribution >= 4 is 29.4 Å². The Labute approximate surface area is 143 Å². The lowest BCUT2D eigenvalue weighted by Crippen LogP contribution is -2.54. The zero-order valence-electron chi connectivity index (χ0n) is 13.2. The van der Waals surface area contributed by atoms with Crippen molar-refractivity contribution in [3.8, 4) is 0 Å². The maximum Gasteiger partial charge on any atom is 0.302 e. The SMILES string of the molecule is CC(=O)OCCOC1=C(C(=O)c2ccccc2)N2C(=O)C[C@@H]2SC1. The lowest BCUT2D eigenvalue weighted by Gasteiger charge is -2.44. The Hall–Kier alpha value is -2.28. The molecule has 24 heavy (non-hydrogen) atoms. The second-order valence-electron chi connectivity index (χ2n) is 5.39. The number of thioether (sulfide) groups is 1. The first-order valence-electron chi connectivity index (χ1n) is 7.60. The highest BCUT2D eigenvalue weighted by Crippen LogP contribution is 2.41. The molecule has 126 valence electrons. The number of hydrogen-bond donors (Lipinski definition) is 0. The molecule has 1 aromatic carbocycles. The van der Waals surface area contributed by atoms with Crippen molar-refractivity contribution in [2.75, 3.05) is 19.0 Å². The van der Waals surface area contributed by atoms with Gasteiger partial charge in [0.05, 0.1) is 17.5 Å².